The molecule has 0 saturated carbocycles. The van der Waals surface area contributed by atoms with Crippen LogP contribution in [-0.4, -0.2) is 40.7 Å². The van der Waals surface area contributed by atoms with E-state index in [9.17, 15) is 14.4 Å². The van der Waals surface area contributed by atoms with Gasteiger partial charge in [0.15, 0.2) is 0 Å². The summed E-state index contributed by atoms with van der Waals surface area (Å²) in [7, 11) is 1.79. The molecule has 0 aliphatic carbocycles. The van der Waals surface area contributed by atoms with Gasteiger partial charge in [0, 0.05) is 24.9 Å². The van der Waals surface area contributed by atoms with Crippen molar-refractivity contribution in [2.24, 2.45) is 13.0 Å². The molecule has 0 bridgehead atoms. The van der Waals surface area contributed by atoms with Crippen molar-refractivity contribution in [3.63, 3.8) is 0 Å². The Morgan fingerprint density at radius 1 is 1.29 bits per heavy atom. The molecule has 148 valence electrons. The number of nitrogens with zero attached hydrogens (tertiary/aromatic N) is 2. The zero-order chi connectivity index (χ0) is 19.9. The maximum atomic E-state index is 12.5. The van der Waals surface area contributed by atoms with Gasteiger partial charge in [-0.05, 0) is 51.4 Å². The fourth-order valence-corrected chi connectivity index (χ4v) is 4.00. The van der Waals surface area contributed by atoms with E-state index in [0.29, 0.717) is 17.9 Å². The van der Waals surface area contributed by atoms with Crippen LogP contribution in [0.2, 0.25) is 0 Å². The van der Waals surface area contributed by atoms with Gasteiger partial charge in [-0.2, -0.15) is 5.10 Å². The average molecular weight is 384 g/mol. The lowest BCUT2D eigenvalue weighted by Gasteiger charge is -2.30. The average Bonchev–Trinajstić information content (AvgIpc) is 3.02. The molecule has 28 heavy (non-hydrogen) atoms. The van der Waals surface area contributed by atoms with Gasteiger partial charge in [-0.15, -0.1) is 0 Å². The number of carbonyl (C=O) groups excluding carboxylic acids is 3. The summed E-state index contributed by atoms with van der Waals surface area (Å²) in [6.45, 7) is 3.46. The molecule has 1 unspecified atom stereocenters. The number of piperidine rings is 2. The second kappa shape index (κ2) is 7.01. The van der Waals surface area contributed by atoms with Crippen molar-refractivity contribution in [2.75, 3.05) is 13.1 Å². The number of aryl methyl sites for hydroxylation is 1. The molecular weight excluding hydrogens is 360 g/mol. The molecular formula is C20H24N4O4. The van der Waals surface area contributed by atoms with Crippen molar-refractivity contribution in [3.05, 3.63) is 23.9 Å². The van der Waals surface area contributed by atoms with Crippen LogP contribution in [0.5, 0.6) is 5.75 Å². The first-order valence-electron chi connectivity index (χ1n) is 9.62. The summed E-state index contributed by atoms with van der Waals surface area (Å²) in [6.07, 6.45) is 2.26. The molecule has 4 rings (SSSR count). The lowest BCUT2D eigenvalue weighted by Crippen LogP contribution is -2.50. The fraction of sp³-hybridized carbons (Fsp3) is 0.500. The minimum absolute atomic E-state index is 0.0820. The van der Waals surface area contributed by atoms with Crippen LogP contribution in [-0.2, 0) is 26.8 Å². The van der Waals surface area contributed by atoms with Crippen molar-refractivity contribution in [1.29, 1.82) is 0 Å². The number of ether oxygens (including phenoxy) is 1. The summed E-state index contributed by atoms with van der Waals surface area (Å²) in [5.41, 5.74) is 0.531. The number of aromatic nitrogens is 2. The summed E-state index contributed by atoms with van der Waals surface area (Å²) in [4.78, 5) is 36.4. The van der Waals surface area contributed by atoms with E-state index in [-0.39, 0.29) is 30.1 Å². The highest BCUT2D eigenvalue weighted by atomic mass is 16.5. The number of fused-ring (bicyclic) bond motifs is 1. The van der Waals surface area contributed by atoms with Crippen molar-refractivity contribution >= 4 is 28.7 Å². The fourth-order valence-electron chi connectivity index (χ4n) is 4.00. The second-order valence-electron chi connectivity index (χ2n) is 7.81. The highest BCUT2D eigenvalue weighted by molar-refractivity contribution is 6.05. The lowest BCUT2D eigenvalue weighted by molar-refractivity contribution is -0.140. The van der Waals surface area contributed by atoms with E-state index in [0.717, 1.165) is 36.8 Å². The zero-order valence-electron chi connectivity index (χ0n) is 16.1. The number of esters is 1. The number of rotatable bonds is 3. The molecule has 3 heterocycles. The molecule has 2 aromatic rings. The Morgan fingerprint density at radius 3 is 2.75 bits per heavy atom. The second-order valence-corrected chi connectivity index (χ2v) is 7.81. The molecule has 8 nitrogen and oxygen atoms in total. The van der Waals surface area contributed by atoms with Gasteiger partial charge in [-0.25, -0.2) is 0 Å². The number of imide groups is 1. The van der Waals surface area contributed by atoms with Gasteiger partial charge in [0.1, 0.15) is 5.75 Å². The normalized spacial score (nSPS) is 23.6. The molecule has 0 radical (unpaired) electrons. The van der Waals surface area contributed by atoms with Gasteiger partial charge in [0.25, 0.3) is 0 Å². The highest BCUT2D eigenvalue weighted by Crippen LogP contribution is 2.36. The van der Waals surface area contributed by atoms with E-state index >= 15 is 0 Å². The SMILES string of the molecule is Cn1nc(C2(C)CCC(=O)NC2=O)c2ccc(OC(=O)C3CCNCC3)cc21. The summed E-state index contributed by atoms with van der Waals surface area (Å²) in [5.74, 6) is -0.402. The van der Waals surface area contributed by atoms with Gasteiger partial charge in [0.05, 0.1) is 22.5 Å². The van der Waals surface area contributed by atoms with Crippen LogP contribution in [0.3, 0.4) is 0 Å². The third-order valence-corrected chi connectivity index (χ3v) is 5.84. The first kappa shape index (κ1) is 18.6. The quantitative estimate of drug-likeness (QED) is 0.468. The zero-order valence-corrected chi connectivity index (χ0v) is 16.1. The van der Waals surface area contributed by atoms with Gasteiger partial charge in [-0.3, -0.25) is 24.4 Å². The number of hydrogen-bond donors (Lipinski definition) is 2. The molecule has 2 saturated heterocycles. The monoisotopic (exact) mass is 384 g/mol. The molecule has 2 N–H and O–H groups in total. The van der Waals surface area contributed by atoms with E-state index in [4.69, 9.17) is 4.74 Å². The third kappa shape index (κ3) is 3.17. The Balaban J connectivity index is 1.63. The van der Waals surface area contributed by atoms with Crippen LogP contribution >= 0.6 is 0 Å². The highest BCUT2D eigenvalue weighted by Gasteiger charge is 2.43. The van der Waals surface area contributed by atoms with Crippen molar-refractivity contribution in [1.82, 2.24) is 20.4 Å². The first-order chi connectivity index (χ1) is 13.4. The molecule has 1 aromatic heterocycles. The standard InChI is InChI=1S/C20H24N4O4/c1-20(8-5-16(25)22-19(20)27)17-14-4-3-13(11-15(14)24(2)23-17)28-18(26)12-6-9-21-10-7-12/h3-4,11-12,21H,5-10H2,1-2H3,(H,22,25,27). The van der Waals surface area contributed by atoms with Crippen molar-refractivity contribution in [3.8, 4) is 5.75 Å². The molecule has 2 aliphatic rings. The molecule has 1 aromatic carbocycles. The van der Waals surface area contributed by atoms with Crippen LogP contribution in [0.25, 0.3) is 10.9 Å². The Hall–Kier alpha value is -2.74. The van der Waals surface area contributed by atoms with E-state index in [2.05, 4.69) is 15.7 Å². The predicted molar refractivity (Wildman–Crippen MR) is 102 cm³/mol. The minimum Gasteiger partial charge on any atom is -0.426 e. The number of nitrogens with one attached hydrogen (secondary N) is 2. The van der Waals surface area contributed by atoms with Gasteiger partial charge >= 0.3 is 5.97 Å². The number of hydrogen-bond acceptors (Lipinski definition) is 6. The van der Waals surface area contributed by atoms with Crippen LogP contribution in [0.1, 0.15) is 38.3 Å². The van der Waals surface area contributed by atoms with Crippen molar-refractivity contribution in [2.45, 2.75) is 38.0 Å². The van der Waals surface area contributed by atoms with E-state index in [1.165, 1.54) is 0 Å². The maximum absolute atomic E-state index is 12.5. The van der Waals surface area contributed by atoms with E-state index < -0.39 is 5.41 Å². The van der Waals surface area contributed by atoms with Crippen molar-refractivity contribution < 1.29 is 19.1 Å². The van der Waals surface area contributed by atoms with Gasteiger partial charge < -0.3 is 10.1 Å². The topological polar surface area (TPSA) is 102 Å². The summed E-state index contributed by atoms with van der Waals surface area (Å²) in [5, 5.41) is 11.0. The van der Waals surface area contributed by atoms with Gasteiger partial charge in [0.2, 0.25) is 11.8 Å². The van der Waals surface area contributed by atoms with Crippen LogP contribution in [0, 0.1) is 5.92 Å². The Morgan fingerprint density at radius 2 is 2.04 bits per heavy atom. The van der Waals surface area contributed by atoms with Crippen LogP contribution < -0.4 is 15.4 Å². The molecule has 8 heteroatoms. The predicted octanol–water partition coefficient (Wildman–Crippen LogP) is 1.17. The number of benzene rings is 1. The summed E-state index contributed by atoms with van der Waals surface area (Å²) < 4.78 is 7.28. The summed E-state index contributed by atoms with van der Waals surface area (Å²) in [6, 6.07) is 5.35. The maximum Gasteiger partial charge on any atom is 0.314 e. The number of amides is 2. The van der Waals surface area contributed by atoms with Gasteiger partial charge in [-0.1, -0.05) is 0 Å². The van der Waals surface area contributed by atoms with E-state index in [1.807, 2.05) is 13.0 Å². The Kier molecular flexibility index (Phi) is 4.66. The third-order valence-electron chi connectivity index (χ3n) is 5.84. The molecule has 1 atom stereocenters. The largest absolute Gasteiger partial charge is 0.426 e. The Labute approximate surface area is 162 Å². The lowest BCUT2D eigenvalue weighted by atomic mass is 9.77. The number of carbonyl (C=O) groups is 3. The minimum atomic E-state index is -0.874. The summed E-state index contributed by atoms with van der Waals surface area (Å²) >= 11 is 0. The van der Waals surface area contributed by atoms with Crippen LogP contribution in [0.4, 0.5) is 0 Å². The first-order valence-corrected chi connectivity index (χ1v) is 9.62. The molecule has 2 aliphatic heterocycles. The molecule has 2 amide bonds. The van der Waals surface area contributed by atoms with Crippen LogP contribution in [0.15, 0.2) is 18.2 Å². The molecule has 0 spiro atoms. The Bertz CT molecular complexity index is 961. The smallest absolute Gasteiger partial charge is 0.314 e. The van der Waals surface area contributed by atoms with E-state index in [1.54, 1.807) is 23.9 Å². The molecule has 2 fully saturated rings.